The Kier molecular flexibility index (Phi) is 3.65. The summed E-state index contributed by atoms with van der Waals surface area (Å²) in [5, 5.41) is -0.137. The summed E-state index contributed by atoms with van der Waals surface area (Å²) >= 11 is 1.18. The van der Waals surface area contributed by atoms with Gasteiger partial charge in [0.05, 0.1) is 0 Å². The third-order valence-corrected chi connectivity index (χ3v) is 2.68. The second-order valence-electron chi connectivity index (χ2n) is 2.58. The Morgan fingerprint density at radius 2 is 1.92 bits per heavy atom. The Morgan fingerprint density at radius 3 is 2.50 bits per heavy atom. The molecular formula is C8H13FN2S. The molecule has 1 aromatic rings. The Labute approximate surface area is 75.4 Å². The van der Waals surface area contributed by atoms with Crippen LogP contribution in [-0.4, -0.2) is 13.1 Å². The Bertz CT molecular complexity index is 224. The summed E-state index contributed by atoms with van der Waals surface area (Å²) < 4.78 is 12.8. The maximum absolute atomic E-state index is 12.8. The molecule has 0 amide bonds. The summed E-state index contributed by atoms with van der Waals surface area (Å²) in [5.41, 5.74) is 11.8. The average molecular weight is 188 g/mol. The first-order valence-corrected chi connectivity index (χ1v) is 4.76. The predicted molar refractivity (Wildman–Crippen MR) is 49.8 cm³/mol. The van der Waals surface area contributed by atoms with Crippen molar-refractivity contribution in [2.45, 2.75) is 12.8 Å². The summed E-state index contributed by atoms with van der Waals surface area (Å²) in [6, 6.07) is 1.56. The summed E-state index contributed by atoms with van der Waals surface area (Å²) in [7, 11) is 0. The molecule has 0 spiro atoms. The highest BCUT2D eigenvalue weighted by Crippen LogP contribution is 2.21. The van der Waals surface area contributed by atoms with E-state index >= 15 is 0 Å². The SMILES string of the molecule is NCCc1cc(F)sc1CCN. The van der Waals surface area contributed by atoms with Gasteiger partial charge in [-0.25, -0.2) is 0 Å². The van der Waals surface area contributed by atoms with E-state index in [0.717, 1.165) is 23.3 Å². The maximum atomic E-state index is 12.8. The van der Waals surface area contributed by atoms with E-state index in [2.05, 4.69) is 0 Å². The largest absolute Gasteiger partial charge is 0.330 e. The van der Waals surface area contributed by atoms with Crippen molar-refractivity contribution in [1.29, 1.82) is 0 Å². The number of rotatable bonds is 4. The van der Waals surface area contributed by atoms with Crippen LogP contribution in [0.5, 0.6) is 0 Å². The highest BCUT2D eigenvalue weighted by molar-refractivity contribution is 7.10. The van der Waals surface area contributed by atoms with Crippen LogP contribution in [0.4, 0.5) is 4.39 Å². The minimum Gasteiger partial charge on any atom is -0.330 e. The first-order valence-electron chi connectivity index (χ1n) is 3.95. The zero-order chi connectivity index (χ0) is 8.97. The van der Waals surface area contributed by atoms with Crippen LogP contribution in [-0.2, 0) is 12.8 Å². The number of thiophene rings is 1. The van der Waals surface area contributed by atoms with Gasteiger partial charge in [-0.05, 0) is 37.6 Å². The molecule has 0 saturated heterocycles. The van der Waals surface area contributed by atoms with Crippen LogP contribution in [0.15, 0.2) is 6.07 Å². The zero-order valence-corrected chi connectivity index (χ0v) is 7.66. The van der Waals surface area contributed by atoms with Gasteiger partial charge in [0.15, 0.2) is 5.13 Å². The van der Waals surface area contributed by atoms with E-state index in [9.17, 15) is 4.39 Å². The van der Waals surface area contributed by atoms with E-state index in [1.807, 2.05) is 0 Å². The molecule has 0 bridgehead atoms. The van der Waals surface area contributed by atoms with Crippen LogP contribution < -0.4 is 11.5 Å². The van der Waals surface area contributed by atoms with E-state index in [1.54, 1.807) is 6.07 Å². The van der Waals surface area contributed by atoms with Gasteiger partial charge in [-0.3, -0.25) is 0 Å². The van der Waals surface area contributed by atoms with Gasteiger partial charge < -0.3 is 11.5 Å². The van der Waals surface area contributed by atoms with Crippen LogP contribution in [0.25, 0.3) is 0 Å². The van der Waals surface area contributed by atoms with Crippen molar-refractivity contribution in [1.82, 2.24) is 0 Å². The van der Waals surface area contributed by atoms with Gasteiger partial charge in [-0.2, -0.15) is 4.39 Å². The molecule has 0 unspecified atom stereocenters. The van der Waals surface area contributed by atoms with Crippen LogP contribution in [0.1, 0.15) is 10.4 Å². The smallest absolute Gasteiger partial charge is 0.176 e. The Morgan fingerprint density at radius 1 is 1.25 bits per heavy atom. The quantitative estimate of drug-likeness (QED) is 0.737. The van der Waals surface area contributed by atoms with Gasteiger partial charge in [-0.1, -0.05) is 0 Å². The maximum Gasteiger partial charge on any atom is 0.176 e. The highest BCUT2D eigenvalue weighted by atomic mass is 32.1. The number of hydrogen-bond acceptors (Lipinski definition) is 3. The fourth-order valence-electron chi connectivity index (χ4n) is 1.14. The van der Waals surface area contributed by atoms with E-state index in [-0.39, 0.29) is 5.13 Å². The van der Waals surface area contributed by atoms with Crippen LogP contribution in [0.2, 0.25) is 0 Å². The molecule has 0 aliphatic rings. The lowest BCUT2D eigenvalue weighted by atomic mass is 10.1. The summed E-state index contributed by atoms with van der Waals surface area (Å²) in [4.78, 5) is 1.04. The lowest BCUT2D eigenvalue weighted by Crippen LogP contribution is -2.06. The van der Waals surface area contributed by atoms with Gasteiger partial charge in [-0.15, -0.1) is 11.3 Å². The summed E-state index contributed by atoms with van der Waals surface area (Å²) in [6.45, 7) is 1.13. The first kappa shape index (κ1) is 9.64. The molecule has 68 valence electrons. The molecule has 12 heavy (non-hydrogen) atoms. The highest BCUT2D eigenvalue weighted by Gasteiger charge is 2.06. The van der Waals surface area contributed by atoms with Crippen molar-refractivity contribution in [2.24, 2.45) is 11.5 Å². The average Bonchev–Trinajstić information content (AvgIpc) is 2.33. The molecule has 0 aromatic carbocycles. The molecule has 1 aromatic heterocycles. The lowest BCUT2D eigenvalue weighted by molar-refractivity contribution is 0.656. The molecule has 0 fully saturated rings. The molecule has 4 N–H and O–H groups in total. The Balaban J connectivity index is 2.76. The first-order chi connectivity index (χ1) is 5.77. The number of halogens is 1. The molecule has 0 saturated carbocycles. The molecule has 1 heterocycles. The molecule has 0 atom stereocenters. The molecular weight excluding hydrogens is 175 g/mol. The van der Waals surface area contributed by atoms with Crippen LogP contribution >= 0.6 is 11.3 Å². The van der Waals surface area contributed by atoms with Crippen LogP contribution in [0, 0.1) is 5.13 Å². The van der Waals surface area contributed by atoms with E-state index in [4.69, 9.17) is 11.5 Å². The molecule has 1 rings (SSSR count). The predicted octanol–water partition coefficient (Wildman–Crippen LogP) is 0.890. The molecule has 0 aliphatic carbocycles. The lowest BCUT2D eigenvalue weighted by Gasteiger charge is -1.98. The molecule has 4 heteroatoms. The topological polar surface area (TPSA) is 52.0 Å². The minimum absolute atomic E-state index is 0.137. The second kappa shape index (κ2) is 4.54. The Hall–Kier alpha value is -0.450. The summed E-state index contributed by atoms with van der Waals surface area (Å²) in [5.74, 6) is 0. The fourth-order valence-corrected chi connectivity index (χ4v) is 2.09. The standard InChI is InChI=1S/C8H13FN2S/c9-8-5-6(1-3-10)7(12-8)2-4-11/h5H,1-4,10-11H2. The van der Waals surface area contributed by atoms with Crippen molar-refractivity contribution in [3.8, 4) is 0 Å². The zero-order valence-electron chi connectivity index (χ0n) is 6.85. The van der Waals surface area contributed by atoms with Crippen LogP contribution in [0.3, 0.4) is 0 Å². The van der Waals surface area contributed by atoms with Gasteiger partial charge >= 0.3 is 0 Å². The third kappa shape index (κ3) is 2.27. The van der Waals surface area contributed by atoms with Gasteiger partial charge in [0.1, 0.15) is 0 Å². The third-order valence-electron chi connectivity index (χ3n) is 1.65. The van der Waals surface area contributed by atoms with Gasteiger partial charge in [0.2, 0.25) is 0 Å². The second-order valence-corrected chi connectivity index (χ2v) is 3.66. The molecule has 2 nitrogen and oxygen atoms in total. The number of nitrogens with two attached hydrogens (primary N) is 2. The van der Waals surface area contributed by atoms with E-state index in [0.29, 0.717) is 13.1 Å². The minimum atomic E-state index is -0.137. The number of hydrogen-bond donors (Lipinski definition) is 2. The van der Waals surface area contributed by atoms with Crippen molar-refractivity contribution in [3.05, 3.63) is 21.6 Å². The van der Waals surface area contributed by atoms with Crippen molar-refractivity contribution in [3.63, 3.8) is 0 Å². The molecule has 0 radical (unpaired) electrons. The van der Waals surface area contributed by atoms with Crippen molar-refractivity contribution in [2.75, 3.05) is 13.1 Å². The van der Waals surface area contributed by atoms with Crippen molar-refractivity contribution >= 4 is 11.3 Å². The normalized spacial score (nSPS) is 10.6. The summed E-state index contributed by atoms with van der Waals surface area (Å²) in [6.07, 6.45) is 1.50. The van der Waals surface area contributed by atoms with Crippen molar-refractivity contribution < 1.29 is 4.39 Å². The van der Waals surface area contributed by atoms with E-state index < -0.39 is 0 Å². The molecule has 0 aliphatic heterocycles. The van der Waals surface area contributed by atoms with Gasteiger partial charge in [0.25, 0.3) is 0 Å². The monoisotopic (exact) mass is 188 g/mol. The van der Waals surface area contributed by atoms with Gasteiger partial charge in [0, 0.05) is 4.88 Å². The fraction of sp³-hybridized carbons (Fsp3) is 0.500. The van der Waals surface area contributed by atoms with E-state index in [1.165, 1.54) is 11.3 Å².